The van der Waals surface area contributed by atoms with Crippen molar-refractivity contribution in [2.24, 2.45) is 4.99 Å². The average Bonchev–Trinajstić information content (AvgIpc) is 2.42. The van der Waals surface area contributed by atoms with E-state index in [0.29, 0.717) is 11.5 Å². The molecule has 1 N–H and O–H groups in total. The predicted molar refractivity (Wildman–Crippen MR) is 37.6 cm³/mol. The van der Waals surface area contributed by atoms with E-state index in [4.69, 9.17) is 4.52 Å². The van der Waals surface area contributed by atoms with E-state index in [0.717, 1.165) is 5.39 Å². The zero-order chi connectivity index (χ0) is 6.97. The predicted octanol–water partition coefficient (Wildman–Crippen LogP) is 1.49. The van der Waals surface area contributed by atoms with Gasteiger partial charge in [0.15, 0.2) is 0 Å². The fraction of sp³-hybridized carbons (Fsp3) is 0. The molecule has 0 spiro atoms. The number of H-pyrrole nitrogens is 1. The third-order valence-electron chi connectivity index (χ3n) is 1.30. The Morgan fingerprint density at radius 2 is 2.60 bits per heavy atom. The van der Waals surface area contributed by atoms with Gasteiger partial charge in [-0.2, -0.15) is 0 Å². The Morgan fingerprint density at radius 3 is 3.30 bits per heavy atom. The number of fused-ring (bicyclic) bond motifs is 1. The standard InChI is InChI=1S/C6H5N3O/c1-7-5-2-4-3-8-10-6(4)9-5/h2-3,9H,1H2. The molecule has 0 aromatic carbocycles. The topological polar surface area (TPSA) is 54.2 Å². The van der Waals surface area contributed by atoms with Gasteiger partial charge < -0.3 is 9.51 Å². The van der Waals surface area contributed by atoms with Crippen LogP contribution in [0.1, 0.15) is 0 Å². The first-order valence-electron chi connectivity index (χ1n) is 2.80. The summed E-state index contributed by atoms with van der Waals surface area (Å²) in [5.41, 5.74) is 0.641. The summed E-state index contributed by atoms with van der Waals surface area (Å²) >= 11 is 0. The van der Waals surface area contributed by atoms with Crippen LogP contribution in [0, 0.1) is 0 Å². The summed E-state index contributed by atoms with van der Waals surface area (Å²) < 4.78 is 4.81. The lowest BCUT2D eigenvalue weighted by molar-refractivity contribution is 0.449. The minimum absolute atomic E-state index is 0.641. The summed E-state index contributed by atoms with van der Waals surface area (Å²) in [6.45, 7) is 3.36. The molecule has 0 saturated carbocycles. The van der Waals surface area contributed by atoms with Gasteiger partial charge in [0, 0.05) is 0 Å². The number of hydrogen-bond acceptors (Lipinski definition) is 3. The molecule has 2 aromatic rings. The molecule has 4 heteroatoms. The van der Waals surface area contributed by atoms with Crippen LogP contribution >= 0.6 is 0 Å². The van der Waals surface area contributed by atoms with Crippen molar-refractivity contribution in [3.8, 4) is 0 Å². The maximum absolute atomic E-state index is 4.81. The van der Waals surface area contributed by atoms with Gasteiger partial charge in [0.1, 0.15) is 5.82 Å². The monoisotopic (exact) mass is 135 g/mol. The molecule has 2 heterocycles. The molecular weight excluding hydrogens is 130 g/mol. The van der Waals surface area contributed by atoms with Gasteiger partial charge in [-0.25, -0.2) is 4.99 Å². The van der Waals surface area contributed by atoms with Crippen LogP contribution in [0.25, 0.3) is 11.1 Å². The number of nitrogens with one attached hydrogen (secondary N) is 1. The summed E-state index contributed by atoms with van der Waals surface area (Å²) in [6.07, 6.45) is 1.63. The Morgan fingerprint density at radius 1 is 1.70 bits per heavy atom. The number of aromatic nitrogens is 2. The fourth-order valence-corrected chi connectivity index (χ4v) is 0.830. The van der Waals surface area contributed by atoms with Crippen molar-refractivity contribution >= 4 is 23.6 Å². The molecule has 0 atom stereocenters. The molecule has 0 radical (unpaired) electrons. The van der Waals surface area contributed by atoms with Crippen molar-refractivity contribution in [3.05, 3.63) is 12.3 Å². The summed E-state index contributed by atoms with van der Waals surface area (Å²) in [5.74, 6) is 0.705. The van der Waals surface area contributed by atoms with Crippen molar-refractivity contribution in [1.82, 2.24) is 10.1 Å². The molecule has 0 fully saturated rings. The Bertz CT molecular complexity index is 331. The maximum atomic E-state index is 4.81. The van der Waals surface area contributed by atoms with Crippen LogP contribution in [0.3, 0.4) is 0 Å². The van der Waals surface area contributed by atoms with E-state index < -0.39 is 0 Å². The van der Waals surface area contributed by atoms with E-state index in [-0.39, 0.29) is 0 Å². The van der Waals surface area contributed by atoms with E-state index >= 15 is 0 Å². The summed E-state index contributed by atoms with van der Waals surface area (Å²) in [7, 11) is 0. The summed E-state index contributed by atoms with van der Waals surface area (Å²) in [6, 6.07) is 1.82. The molecular formula is C6H5N3O. The minimum Gasteiger partial charge on any atom is -0.338 e. The van der Waals surface area contributed by atoms with Crippen LogP contribution in [0.2, 0.25) is 0 Å². The van der Waals surface area contributed by atoms with Crippen molar-refractivity contribution in [3.63, 3.8) is 0 Å². The molecule has 0 aliphatic rings. The van der Waals surface area contributed by atoms with Gasteiger partial charge in [0.2, 0.25) is 5.71 Å². The lowest BCUT2D eigenvalue weighted by atomic mass is 10.4. The van der Waals surface area contributed by atoms with Gasteiger partial charge in [0.25, 0.3) is 0 Å². The third kappa shape index (κ3) is 0.556. The van der Waals surface area contributed by atoms with Gasteiger partial charge in [-0.15, -0.1) is 0 Å². The van der Waals surface area contributed by atoms with E-state index in [9.17, 15) is 0 Å². The van der Waals surface area contributed by atoms with E-state index in [2.05, 4.69) is 21.9 Å². The van der Waals surface area contributed by atoms with Crippen LogP contribution in [0.15, 0.2) is 21.8 Å². The second kappa shape index (κ2) is 1.70. The van der Waals surface area contributed by atoms with E-state index in [1.165, 1.54) is 0 Å². The van der Waals surface area contributed by atoms with Crippen molar-refractivity contribution < 1.29 is 4.52 Å². The first kappa shape index (κ1) is 5.22. The number of nitrogens with zero attached hydrogens (tertiary/aromatic N) is 2. The second-order valence-corrected chi connectivity index (χ2v) is 1.92. The van der Waals surface area contributed by atoms with Crippen LogP contribution in [0.5, 0.6) is 0 Å². The first-order chi connectivity index (χ1) is 4.90. The average molecular weight is 135 g/mol. The van der Waals surface area contributed by atoms with E-state index in [1.54, 1.807) is 6.20 Å². The van der Waals surface area contributed by atoms with Crippen molar-refractivity contribution in [2.75, 3.05) is 0 Å². The van der Waals surface area contributed by atoms with E-state index in [1.807, 2.05) is 6.07 Å². The van der Waals surface area contributed by atoms with Crippen molar-refractivity contribution in [1.29, 1.82) is 0 Å². The summed E-state index contributed by atoms with van der Waals surface area (Å²) in [5, 5.41) is 4.49. The lowest BCUT2D eigenvalue weighted by Crippen LogP contribution is -1.58. The fourth-order valence-electron chi connectivity index (χ4n) is 0.830. The molecule has 2 rings (SSSR count). The molecule has 0 aliphatic carbocycles. The first-order valence-corrected chi connectivity index (χ1v) is 2.80. The molecule has 2 aromatic heterocycles. The number of aromatic amines is 1. The maximum Gasteiger partial charge on any atom is 0.237 e. The highest BCUT2D eigenvalue weighted by atomic mass is 16.5. The lowest BCUT2D eigenvalue weighted by Gasteiger charge is -1.77. The minimum atomic E-state index is 0.641. The Hall–Kier alpha value is -1.58. The molecule has 0 amide bonds. The third-order valence-corrected chi connectivity index (χ3v) is 1.30. The second-order valence-electron chi connectivity index (χ2n) is 1.92. The van der Waals surface area contributed by atoms with Crippen LogP contribution in [-0.4, -0.2) is 16.9 Å². The molecule has 4 nitrogen and oxygen atoms in total. The van der Waals surface area contributed by atoms with Crippen LogP contribution in [-0.2, 0) is 0 Å². The normalized spacial score (nSPS) is 10.4. The quantitative estimate of drug-likeness (QED) is 0.602. The highest BCUT2D eigenvalue weighted by Gasteiger charge is 2.00. The highest BCUT2D eigenvalue weighted by Crippen LogP contribution is 2.18. The van der Waals surface area contributed by atoms with Gasteiger partial charge >= 0.3 is 0 Å². The number of hydrogen-bond donors (Lipinski definition) is 1. The van der Waals surface area contributed by atoms with Crippen LogP contribution in [0.4, 0.5) is 5.82 Å². The van der Waals surface area contributed by atoms with Gasteiger partial charge in [-0.3, -0.25) is 0 Å². The molecule has 0 unspecified atom stereocenters. The van der Waals surface area contributed by atoms with Gasteiger partial charge in [-0.1, -0.05) is 5.16 Å². The zero-order valence-electron chi connectivity index (χ0n) is 5.16. The van der Waals surface area contributed by atoms with Gasteiger partial charge in [-0.05, 0) is 12.8 Å². The largest absolute Gasteiger partial charge is 0.338 e. The number of aliphatic imine (C=N–C) groups is 1. The number of rotatable bonds is 1. The SMILES string of the molecule is C=Nc1cc2cnoc2[nH]1. The molecule has 0 saturated heterocycles. The highest BCUT2D eigenvalue weighted by molar-refractivity contribution is 5.77. The Kier molecular flexibility index (Phi) is 0.887. The van der Waals surface area contributed by atoms with Gasteiger partial charge in [0.05, 0.1) is 11.6 Å². The summed E-state index contributed by atoms with van der Waals surface area (Å²) in [4.78, 5) is 6.55. The molecule has 50 valence electrons. The smallest absolute Gasteiger partial charge is 0.237 e. The zero-order valence-corrected chi connectivity index (χ0v) is 5.16. The Balaban J connectivity index is 2.78. The molecule has 0 aliphatic heterocycles. The molecule has 0 bridgehead atoms. The molecule has 10 heavy (non-hydrogen) atoms. The van der Waals surface area contributed by atoms with Crippen molar-refractivity contribution in [2.45, 2.75) is 0 Å². The van der Waals surface area contributed by atoms with Crippen LogP contribution < -0.4 is 0 Å². The Labute approximate surface area is 56.5 Å².